The number of rotatable bonds is 4. The maximum Gasteiger partial charge on any atom is 0.270 e. The maximum absolute atomic E-state index is 13.0. The van der Waals surface area contributed by atoms with E-state index < -0.39 is 0 Å². The molecule has 0 aliphatic heterocycles. The van der Waals surface area contributed by atoms with Crippen LogP contribution in [0.15, 0.2) is 61.1 Å². The first kappa shape index (κ1) is 19.7. The summed E-state index contributed by atoms with van der Waals surface area (Å²) in [5.41, 5.74) is 3.53. The SMILES string of the molecule is C[C@H]1[C@H](C)CCC[C@H]1NC(=O)c1cncn1-c1cccc(-c2cccc(Cl)c2)c1. The third-order valence-corrected chi connectivity index (χ3v) is 6.41. The van der Waals surface area contributed by atoms with Crippen LogP contribution >= 0.6 is 11.6 Å². The first-order valence-corrected chi connectivity index (χ1v) is 10.6. The zero-order valence-corrected chi connectivity index (χ0v) is 17.6. The van der Waals surface area contributed by atoms with E-state index in [2.05, 4.69) is 30.2 Å². The molecule has 0 spiro atoms. The van der Waals surface area contributed by atoms with Gasteiger partial charge in [-0.2, -0.15) is 0 Å². The molecule has 1 saturated carbocycles. The predicted octanol–water partition coefficient (Wildman–Crippen LogP) is 5.75. The monoisotopic (exact) mass is 407 g/mol. The number of hydrogen-bond donors (Lipinski definition) is 1. The Hall–Kier alpha value is -2.59. The predicted molar refractivity (Wildman–Crippen MR) is 117 cm³/mol. The van der Waals surface area contributed by atoms with Crippen LogP contribution in [0.3, 0.4) is 0 Å². The second kappa shape index (κ2) is 8.42. The molecule has 2 aromatic carbocycles. The summed E-state index contributed by atoms with van der Waals surface area (Å²) in [6, 6.07) is 16.0. The molecule has 1 heterocycles. The minimum absolute atomic E-state index is 0.0680. The summed E-state index contributed by atoms with van der Waals surface area (Å²) in [7, 11) is 0. The van der Waals surface area contributed by atoms with Crippen molar-refractivity contribution in [2.24, 2.45) is 11.8 Å². The van der Waals surface area contributed by atoms with Crippen molar-refractivity contribution in [3.05, 3.63) is 71.8 Å². The molecule has 0 saturated heterocycles. The van der Waals surface area contributed by atoms with Crippen LogP contribution < -0.4 is 5.32 Å². The molecule has 3 aromatic rings. The number of carbonyl (C=O) groups excluding carboxylic acids is 1. The Bertz CT molecular complexity index is 1010. The van der Waals surface area contributed by atoms with Crippen molar-refractivity contribution in [3.8, 4) is 16.8 Å². The highest BCUT2D eigenvalue weighted by atomic mass is 35.5. The molecule has 1 aromatic heterocycles. The van der Waals surface area contributed by atoms with E-state index in [1.54, 1.807) is 12.5 Å². The zero-order valence-electron chi connectivity index (χ0n) is 16.8. The number of carbonyl (C=O) groups is 1. The lowest BCUT2D eigenvalue weighted by atomic mass is 9.78. The van der Waals surface area contributed by atoms with Gasteiger partial charge in [-0.1, -0.05) is 62.6 Å². The molecule has 1 N–H and O–H groups in total. The molecular weight excluding hydrogens is 382 g/mol. The topological polar surface area (TPSA) is 46.9 Å². The van der Waals surface area contributed by atoms with Crippen molar-refractivity contribution in [2.75, 3.05) is 0 Å². The summed E-state index contributed by atoms with van der Waals surface area (Å²) >= 11 is 6.15. The molecule has 150 valence electrons. The maximum atomic E-state index is 13.0. The van der Waals surface area contributed by atoms with Crippen LogP contribution in [0.4, 0.5) is 0 Å². The smallest absolute Gasteiger partial charge is 0.270 e. The normalized spacial score (nSPS) is 21.7. The fraction of sp³-hybridized carbons (Fsp3) is 0.333. The van der Waals surface area contributed by atoms with Gasteiger partial charge >= 0.3 is 0 Å². The van der Waals surface area contributed by atoms with Gasteiger partial charge in [0, 0.05) is 16.8 Å². The van der Waals surface area contributed by atoms with Crippen molar-refractivity contribution in [3.63, 3.8) is 0 Å². The van der Waals surface area contributed by atoms with Crippen LogP contribution in [0.5, 0.6) is 0 Å². The molecule has 0 bridgehead atoms. The van der Waals surface area contributed by atoms with E-state index in [0.717, 1.165) is 29.7 Å². The van der Waals surface area contributed by atoms with Gasteiger partial charge in [0.25, 0.3) is 5.91 Å². The molecule has 4 nitrogen and oxygen atoms in total. The second-order valence-corrected chi connectivity index (χ2v) is 8.49. The van der Waals surface area contributed by atoms with Gasteiger partial charge in [0.15, 0.2) is 0 Å². The van der Waals surface area contributed by atoms with Gasteiger partial charge in [-0.15, -0.1) is 0 Å². The zero-order chi connectivity index (χ0) is 20.4. The quantitative estimate of drug-likeness (QED) is 0.598. The molecular formula is C24H26ClN3O. The fourth-order valence-electron chi connectivity index (χ4n) is 4.20. The minimum atomic E-state index is -0.0680. The minimum Gasteiger partial charge on any atom is -0.348 e. The highest BCUT2D eigenvalue weighted by Crippen LogP contribution is 2.30. The summed E-state index contributed by atoms with van der Waals surface area (Å²) in [5.74, 6) is 1.05. The van der Waals surface area contributed by atoms with E-state index in [-0.39, 0.29) is 11.9 Å². The Kier molecular flexibility index (Phi) is 5.72. The molecule has 1 fully saturated rings. The fourth-order valence-corrected chi connectivity index (χ4v) is 4.39. The molecule has 0 radical (unpaired) electrons. The van der Waals surface area contributed by atoms with Crippen molar-refractivity contribution < 1.29 is 4.79 Å². The average Bonchev–Trinajstić information content (AvgIpc) is 3.22. The van der Waals surface area contributed by atoms with Gasteiger partial charge in [-0.05, 0) is 53.6 Å². The van der Waals surface area contributed by atoms with Gasteiger partial charge in [0.2, 0.25) is 0 Å². The molecule has 1 aliphatic rings. The number of nitrogens with zero attached hydrogens (tertiary/aromatic N) is 2. The van der Waals surface area contributed by atoms with Crippen LogP contribution in [-0.2, 0) is 0 Å². The van der Waals surface area contributed by atoms with E-state index in [1.165, 1.54) is 6.42 Å². The summed E-state index contributed by atoms with van der Waals surface area (Å²) in [6.07, 6.45) is 6.77. The molecule has 5 heteroatoms. The number of hydrogen-bond acceptors (Lipinski definition) is 2. The van der Waals surface area contributed by atoms with E-state index in [0.29, 0.717) is 22.6 Å². The van der Waals surface area contributed by atoms with Crippen molar-refractivity contribution >= 4 is 17.5 Å². The lowest BCUT2D eigenvalue weighted by molar-refractivity contribution is 0.0884. The standard InChI is InChI=1S/C24H26ClN3O/c1-16-6-3-11-22(17(16)2)27-24(29)23-14-26-15-28(23)21-10-5-8-19(13-21)18-7-4-9-20(25)12-18/h4-5,7-10,12-17,22H,3,6,11H2,1-2H3,(H,27,29)/t16-,17+,22-/m1/s1. The average molecular weight is 408 g/mol. The molecule has 4 rings (SSSR count). The van der Waals surface area contributed by atoms with E-state index in [1.807, 2.05) is 47.0 Å². The van der Waals surface area contributed by atoms with Crippen LogP contribution in [0.1, 0.15) is 43.6 Å². The number of imidazole rings is 1. The lowest BCUT2D eigenvalue weighted by Crippen LogP contribution is -2.44. The third-order valence-electron chi connectivity index (χ3n) is 6.18. The highest BCUT2D eigenvalue weighted by molar-refractivity contribution is 6.30. The Labute approximate surface area is 176 Å². The van der Waals surface area contributed by atoms with Crippen molar-refractivity contribution in [1.82, 2.24) is 14.9 Å². The summed E-state index contributed by atoms with van der Waals surface area (Å²) < 4.78 is 1.85. The number of amides is 1. The van der Waals surface area contributed by atoms with Crippen LogP contribution in [-0.4, -0.2) is 21.5 Å². The van der Waals surface area contributed by atoms with Gasteiger partial charge in [-0.25, -0.2) is 4.98 Å². The number of halogens is 1. The number of nitrogens with one attached hydrogen (secondary N) is 1. The van der Waals surface area contributed by atoms with Gasteiger partial charge in [-0.3, -0.25) is 9.36 Å². The van der Waals surface area contributed by atoms with E-state index >= 15 is 0 Å². The number of benzene rings is 2. The molecule has 0 unspecified atom stereocenters. The van der Waals surface area contributed by atoms with E-state index in [4.69, 9.17) is 11.6 Å². The van der Waals surface area contributed by atoms with Crippen molar-refractivity contribution in [2.45, 2.75) is 39.2 Å². The Morgan fingerprint density at radius 1 is 1.10 bits per heavy atom. The van der Waals surface area contributed by atoms with Gasteiger partial charge in [0.05, 0.1) is 12.5 Å². The van der Waals surface area contributed by atoms with Crippen LogP contribution in [0, 0.1) is 11.8 Å². The Balaban J connectivity index is 1.59. The molecule has 1 aliphatic carbocycles. The van der Waals surface area contributed by atoms with Crippen LogP contribution in [0.25, 0.3) is 16.8 Å². The van der Waals surface area contributed by atoms with Crippen LogP contribution in [0.2, 0.25) is 5.02 Å². The van der Waals surface area contributed by atoms with Crippen molar-refractivity contribution in [1.29, 1.82) is 0 Å². The first-order chi connectivity index (χ1) is 14.0. The summed E-state index contributed by atoms with van der Waals surface area (Å²) in [4.78, 5) is 17.3. The molecule has 1 amide bonds. The van der Waals surface area contributed by atoms with Gasteiger partial charge < -0.3 is 5.32 Å². The number of aromatic nitrogens is 2. The molecule has 29 heavy (non-hydrogen) atoms. The first-order valence-electron chi connectivity index (χ1n) is 10.2. The van der Waals surface area contributed by atoms with Gasteiger partial charge in [0.1, 0.15) is 5.69 Å². The summed E-state index contributed by atoms with van der Waals surface area (Å²) in [5, 5.41) is 3.95. The highest BCUT2D eigenvalue weighted by Gasteiger charge is 2.29. The molecule has 3 atom stereocenters. The third kappa shape index (κ3) is 4.23. The van der Waals surface area contributed by atoms with E-state index in [9.17, 15) is 4.79 Å². The summed E-state index contributed by atoms with van der Waals surface area (Å²) in [6.45, 7) is 4.51. The Morgan fingerprint density at radius 3 is 2.66 bits per heavy atom. The largest absolute Gasteiger partial charge is 0.348 e. The lowest BCUT2D eigenvalue weighted by Gasteiger charge is -2.34. The Morgan fingerprint density at radius 2 is 1.86 bits per heavy atom. The second-order valence-electron chi connectivity index (χ2n) is 8.06.